The molecule has 3 aromatic rings. The lowest BCUT2D eigenvalue weighted by Crippen LogP contribution is -2.00. The number of nitrogens with zero attached hydrogens (tertiary/aromatic N) is 5. The maximum Gasteiger partial charge on any atom is 0.320 e. The monoisotopic (exact) mass is 669 g/mol. The lowest BCUT2D eigenvalue weighted by Gasteiger charge is -2.06. The summed E-state index contributed by atoms with van der Waals surface area (Å²) in [7, 11) is 0. The van der Waals surface area contributed by atoms with Crippen LogP contribution in [0.1, 0.15) is 126 Å². The summed E-state index contributed by atoms with van der Waals surface area (Å²) in [6, 6.07) is 1.90. The van der Waals surface area contributed by atoms with Gasteiger partial charge in [-0.05, 0) is 102 Å². The summed E-state index contributed by atoms with van der Waals surface area (Å²) in [5, 5.41) is 39.3. The first kappa shape index (κ1) is 35.1. The van der Waals surface area contributed by atoms with Gasteiger partial charge in [-0.1, -0.05) is 55.4 Å². The maximum atomic E-state index is 13.1. The standard InChI is InChI=1S/C36H43N7O6/c1-9-18-20(11-3)28-34(41(44)45)30-22(13-5)24(15-7)32(39-30)36(43(48)49)33-25(16-8)23(14-6)31(40-33)35(42(46)47)29-21(12-4)19(10-2)27(38-29)17-26(18)37-28/h17,37-38H,9-16H2,1-8H3. The Bertz CT molecular complexity index is 2010. The van der Waals surface area contributed by atoms with Gasteiger partial charge in [-0.15, -0.1) is 0 Å². The van der Waals surface area contributed by atoms with Gasteiger partial charge in [0.1, 0.15) is 33.8 Å². The van der Waals surface area contributed by atoms with Crippen LogP contribution in [0.2, 0.25) is 0 Å². The average molecular weight is 670 g/mol. The molecular weight excluding hydrogens is 626 g/mol. The predicted molar refractivity (Wildman–Crippen MR) is 193 cm³/mol. The summed E-state index contributed by atoms with van der Waals surface area (Å²) in [5.74, 6) is 0. The minimum absolute atomic E-state index is 0.00614. The van der Waals surface area contributed by atoms with E-state index < -0.39 is 20.5 Å². The summed E-state index contributed by atoms with van der Waals surface area (Å²) in [6.07, 6.45) is 3.45. The molecule has 0 fully saturated rings. The number of hydrogen-bond donors (Lipinski definition) is 2. The average Bonchev–Trinajstić information content (AvgIpc) is 3.80. The minimum Gasteiger partial charge on any atom is -0.349 e. The van der Waals surface area contributed by atoms with Gasteiger partial charge in [0.25, 0.3) is 0 Å². The van der Waals surface area contributed by atoms with Crippen molar-refractivity contribution < 1.29 is 14.8 Å². The van der Waals surface area contributed by atoms with Crippen molar-refractivity contribution in [2.24, 2.45) is 0 Å². The smallest absolute Gasteiger partial charge is 0.320 e. The molecule has 49 heavy (non-hydrogen) atoms. The quantitative estimate of drug-likeness (QED) is 0.149. The first-order valence-corrected chi connectivity index (χ1v) is 17.2. The molecule has 2 aliphatic heterocycles. The molecule has 0 aliphatic carbocycles. The number of aryl methyl sites for hydroxylation is 4. The highest BCUT2D eigenvalue weighted by atomic mass is 16.6. The minimum atomic E-state index is -0.552. The van der Waals surface area contributed by atoms with E-state index in [-0.39, 0.29) is 34.2 Å². The van der Waals surface area contributed by atoms with Gasteiger partial charge < -0.3 is 9.97 Å². The fraction of sp³-hybridized carbons (Fsp3) is 0.444. The molecule has 2 aliphatic rings. The zero-order valence-electron chi connectivity index (χ0n) is 29.4. The molecule has 0 amide bonds. The Labute approximate surface area is 284 Å². The Morgan fingerprint density at radius 2 is 0.755 bits per heavy atom. The Kier molecular flexibility index (Phi) is 9.84. The molecule has 13 nitrogen and oxygen atoms in total. The number of aromatic amines is 2. The molecular formula is C36H43N7O6. The van der Waals surface area contributed by atoms with E-state index in [0.29, 0.717) is 95.7 Å². The van der Waals surface area contributed by atoms with E-state index in [0.717, 1.165) is 22.3 Å². The van der Waals surface area contributed by atoms with Crippen molar-refractivity contribution in [2.45, 2.75) is 107 Å². The van der Waals surface area contributed by atoms with E-state index in [4.69, 9.17) is 9.97 Å². The van der Waals surface area contributed by atoms with Crippen molar-refractivity contribution in [3.8, 4) is 0 Å². The van der Waals surface area contributed by atoms with Crippen LogP contribution < -0.4 is 0 Å². The van der Waals surface area contributed by atoms with Gasteiger partial charge in [0.2, 0.25) is 0 Å². The summed E-state index contributed by atoms with van der Waals surface area (Å²) < 4.78 is 0. The first-order valence-electron chi connectivity index (χ1n) is 17.2. The van der Waals surface area contributed by atoms with Gasteiger partial charge >= 0.3 is 17.1 Å². The van der Waals surface area contributed by atoms with Crippen molar-refractivity contribution in [3.63, 3.8) is 0 Å². The highest BCUT2D eigenvalue weighted by molar-refractivity contribution is 6.03. The van der Waals surface area contributed by atoms with E-state index >= 15 is 0 Å². The zero-order chi connectivity index (χ0) is 35.9. The fourth-order valence-corrected chi connectivity index (χ4v) is 7.83. The summed E-state index contributed by atoms with van der Waals surface area (Å²) in [6.45, 7) is 15.2. The van der Waals surface area contributed by atoms with Gasteiger partial charge in [0.05, 0.1) is 14.8 Å². The molecule has 0 aromatic carbocycles. The van der Waals surface area contributed by atoms with Gasteiger partial charge in [-0.3, -0.25) is 30.3 Å². The number of aromatic nitrogens is 4. The van der Waals surface area contributed by atoms with Crippen molar-refractivity contribution >= 4 is 61.4 Å². The van der Waals surface area contributed by atoms with Crippen LogP contribution in [0.5, 0.6) is 0 Å². The molecule has 13 heteroatoms. The molecule has 0 saturated carbocycles. The third-order valence-electron chi connectivity index (χ3n) is 9.86. The van der Waals surface area contributed by atoms with E-state index in [1.54, 1.807) is 0 Å². The van der Waals surface area contributed by atoms with Gasteiger partial charge in [-0.2, -0.15) is 0 Å². The van der Waals surface area contributed by atoms with Gasteiger partial charge in [0, 0.05) is 11.0 Å². The maximum absolute atomic E-state index is 13.1. The molecule has 0 saturated heterocycles. The Morgan fingerprint density at radius 1 is 0.469 bits per heavy atom. The number of rotatable bonds is 11. The highest BCUT2D eigenvalue weighted by Crippen LogP contribution is 2.48. The second kappa shape index (κ2) is 13.7. The molecule has 2 N–H and O–H groups in total. The zero-order valence-corrected chi connectivity index (χ0v) is 29.4. The molecule has 5 heterocycles. The fourth-order valence-electron chi connectivity index (χ4n) is 7.83. The van der Waals surface area contributed by atoms with Crippen LogP contribution >= 0.6 is 0 Å². The van der Waals surface area contributed by atoms with Crippen LogP contribution in [0.3, 0.4) is 0 Å². The van der Waals surface area contributed by atoms with Crippen molar-refractivity contribution in [3.05, 3.63) is 81.4 Å². The molecule has 0 atom stereocenters. The second-order valence-electron chi connectivity index (χ2n) is 12.1. The van der Waals surface area contributed by atoms with Crippen LogP contribution in [-0.4, -0.2) is 34.7 Å². The number of nitro groups is 3. The molecule has 0 radical (unpaired) electrons. The molecule has 258 valence electrons. The summed E-state index contributed by atoms with van der Waals surface area (Å²) in [5.41, 5.74) is 6.67. The van der Waals surface area contributed by atoms with E-state index in [9.17, 15) is 30.3 Å². The van der Waals surface area contributed by atoms with Crippen LogP contribution in [-0.2, 0) is 25.7 Å². The molecule has 0 spiro atoms. The summed E-state index contributed by atoms with van der Waals surface area (Å²) in [4.78, 5) is 54.1. The molecule has 3 aromatic heterocycles. The van der Waals surface area contributed by atoms with Crippen LogP contribution in [0.25, 0.3) is 44.4 Å². The molecule has 8 bridgehead atoms. The van der Waals surface area contributed by atoms with Crippen molar-refractivity contribution in [2.75, 3.05) is 0 Å². The van der Waals surface area contributed by atoms with E-state index in [1.807, 2.05) is 61.5 Å². The van der Waals surface area contributed by atoms with Gasteiger partial charge in [-0.25, -0.2) is 9.97 Å². The number of nitrogens with one attached hydrogen (secondary N) is 2. The topological polar surface area (TPSA) is 187 Å². The molecule has 0 unspecified atom stereocenters. The van der Waals surface area contributed by atoms with E-state index in [1.165, 1.54) is 0 Å². The Morgan fingerprint density at radius 3 is 1.00 bits per heavy atom. The SMILES string of the molecule is CCC1=C(CC)c2nc1c([N+](=O)[O-])c1nc(c([N+](=O)[O-])c3[nH]c(cc4[nH]c(c(CC)c4CC)c2[N+](=O)[O-])c(CC)c3CC)C(CC)=C1CC. The van der Waals surface area contributed by atoms with E-state index in [2.05, 4.69) is 9.97 Å². The normalized spacial score (nSPS) is 13.1. The third kappa shape index (κ3) is 5.41. The number of fused-ring (bicyclic) bond motifs is 8. The predicted octanol–water partition coefficient (Wildman–Crippen LogP) is 9.75. The van der Waals surface area contributed by atoms with Crippen molar-refractivity contribution in [1.82, 2.24) is 19.9 Å². The van der Waals surface area contributed by atoms with Crippen LogP contribution in [0.4, 0.5) is 17.1 Å². The Hall–Kier alpha value is -5.20. The lowest BCUT2D eigenvalue weighted by atomic mass is 9.95. The Balaban J connectivity index is 2.29. The van der Waals surface area contributed by atoms with Gasteiger partial charge in [0.15, 0.2) is 0 Å². The number of hydrogen-bond acceptors (Lipinski definition) is 8. The number of allylic oxidation sites excluding steroid dienone is 4. The third-order valence-corrected chi connectivity index (χ3v) is 9.86. The lowest BCUT2D eigenvalue weighted by molar-refractivity contribution is -0.386. The highest BCUT2D eigenvalue weighted by Gasteiger charge is 2.38. The largest absolute Gasteiger partial charge is 0.349 e. The van der Waals surface area contributed by atoms with Crippen molar-refractivity contribution in [1.29, 1.82) is 0 Å². The van der Waals surface area contributed by atoms with Crippen LogP contribution in [0.15, 0.2) is 6.07 Å². The second-order valence-corrected chi connectivity index (χ2v) is 12.1. The number of H-pyrrole nitrogens is 2. The first-order chi connectivity index (χ1) is 23.5. The van der Waals surface area contributed by atoms with Crippen LogP contribution in [0, 0.1) is 30.3 Å². The summed E-state index contributed by atoms with van der Waals surface area (Å²) >= 11 is 0. The molecule has 5 rings (SSSR count).